The van der Waals surface area contributed by atoms with Crippen molar-refractivity contribution in [3.8, 4) is 11.5 Å². The summed E-state index contributed by atoms with van der Waals surface area (Å²) < 4.78 is 16.4. The predicted octanol–water partition coefficient (Wildman–Crippen LogP) is 6.80. The van der Waals surface area contributed by atoms with Crippen LogP contribution in [0.15, 0.2) is 66.7 Å². The molecule has 0 aliphatic carbocycles. The Bertz CT molecular complexity index is 1210. The zero-order valence-corrected chi connectivity index (χ0v) is 20.9. The van der Waals surface area contributed by atoms with Crippen LogP contribution in [0.25, 0.3) is 6.08 Å². The van der Waals surface area contributed by atoms with Crippen LogP contribution in [0.5, 0.6) is 11.5 Å². The molecule has 0 aromatic heterocycles. The molecule has 0 aliphatic heterocycles. The van der Waals surface area contributed by atoms with Gasteiger partial charge < -0.3 is 19.5 Å². The van der Waals surface area contributed by atoms with Crippen LogP contribution in [0.1, 0.15) is 34.8 Å². The summed E-state index contributed by atoms with van der Waals surface area (Å²) in [5.41, 5.74) is 2.28. The van der Waals surface area contributed by atoms with Crippen molar-refractivity contribution in [1.82, 2.24) is 0 Å². The van der Waals surface area contributed by atoms with Gasteiger partial charge in [0.25, 0.3) is 0 Å². The van der Waals surface area contributed by atoms with E-state index in [1.54, 1.807) is 66.7 Å². The van der Waals surface area contributed by atoms with E-state index in [4.69, 9.17) is 37.4 Å². The number of hydrogen-bond donors (Lipinski definition) is 1. The maximum absolute atomic E-state index is 12.4. The Morgan fingerprint density at radius 3 is 2.43 bits per heavy atom. The van der Waals surface area contributed by atoms with Crippen LogP contribution in [0.3, 0.4) is 0 Å². The number of amides is 1. The van der Waals surface area contributed by atoms with Crippen LogP contribution in [-0.4, -0.2) is 25.6 Å². The van der Waals surface area contributed by atoms with Crippen molar-refractivity contribution in [2.45, 2.75) is 20.0 Å². The fraction of sp³-hybridized carbons (Fsp3) is 0.185. The normalized spacial score (nSPS) is 10.7. The number of rotatable bonds is 10. The molecule has 0 radical (unpaired) electrons. The van der Waals surface area contributed by atoms with E-state index in [1.807, 2.05) is 6.92 Å². The van der Waals surface area contributed by atoms with Crippen LogP contribution in [0.2, 0.25) is 10.0 Å². The molecular formula is C27H25Cl2NO5. The zero-order valence-electron chi connectivity index (χ0n) is 19.3. The van der Waals surface area contributed by atoms with E-state index in [2.05, 4.69) is 5.32 Å². The third-order valence-corrected chi connectivity index (χ3v) is 5.56. The van der Waals surface area contributed by atoms with Gasteiger partial charge in [0.1, 0.15) is 6.61 Å². The van der Waals surface area contributed by atoms with Gasteiger partial charge in [-0.2, -0.15) is 0 Å². The Morgan fingerprint density at radius 2 is 1.71 bits per heavy atom. The van der Waals surface area contributed by atoms with Gasteiger partial charge >= 0.3 is 5.97 Å². The van der Waals surface area contributed by atoms with Gasteiger partial charge in [0.2, 0.25) is 5.91 Å². The third kappa shape index (κ3) is 7.50. The molecule has 0 saturated heterocycles. The minimum atomic E-state index is -0.426. The van der Waals surface area contributed by atoms with Gasteiger partial charge in [0.15, 0.2) is 11.5 Å². The monoisotopic (exact) mass is 513 g/mol. The molecule has 3 rings (SSSR count). The predicted molar refractivity (Wildman–Crippen MR) is 138 cm³/mol. The van der Waals surface area contributed by atoms with E-state index in [0.29, 0.717) is 45.0 Å². The van der Waals surface area contributed by atoms with Crippen molar-refractivity contribution in [3.63, 3.8) is 0 Å². The second kappa shape index (κ2) is 12.8. The largest absolute Gasteiger partial charge is 0.493 e. The highest BCUT2D eigenvalue weighted by Crippen LogP contribution is 2.31. The molecule has 35 heavy (non-hydrogen) atoms. The van der Waals surface area contributed by atoms with Crippen LogP contribution >= 0.6 is 23.2 Å². The number of carbonyl (C=O) groups is 2. The summed E-state index contributed by atoms with van der Waals surface area (Å²) in [5.74, 6) is 0.229. The quantitative estimate of drug-likeness (QED) is 0.238. The Kier molecular flexibility index (Phi) is 9.58. The van der Waals surface area contributed by atoms with E-state index in [1.165, 1.54) is 13.2 Å². The number of halogens is 2. The Labute approximate surface area is 214 Å². The molecule has 0 bridgehead atoms. The number of carbonyl (C=O) groups excluding carboxylic acids is 2. The molecular weight excluding hydrogens is 489 g/mol. The molecule has 6 nitrogen and oxygen atoms in total. The van der Waals surface area contributed by atoms with Crippen molar-refractivity contribution in [2.75, 3.05) is 19.0 Å². The summed E-state index contributed by atoms with van der Waals surface area (Å²) >= 11 is 12.4. The van der Waals surface area contributed by atoms with Gasteiger partial charge in [-0.05, 0) is 60.5 Å². The topological polar surface area (TPSA) is 73.9 Å². The number of hydrogen-bond acceptors (Lipinski definition) is 5. The van der Waals surface area contributed by atoms with Gasteiger partial charge in [-0.15, -0.1) is 0 Å². The first-order chi connectivity index (χ1) is 16.9. The molecule has 1 amide bonds. The summed E-state index contributed by atoms with van der Waals surface area (Å²) in [6, 6.07) is 17.1. The second-order valence-corrected chi connectivity index (χ2v) is 8.25. The van der Waals surface area contributed by atoms with Gasteiger partial charge in [0, 0.05) is 27.4 Å². The summed E-state index contributed by atoms with van der Waals surface area (Å²) in [6.07, 6.45) is 3.77. The molecule has 3 aromatic rings. The first-order valence-electron chi connectivity index (χ1n) is 10.9. The third-order valence-electron chi connectivity index (χ3n) is 4.85. The van der Waals surface area contributed by atoms with Crippen molar-refractivity contribution in [2.24, 2.45) is 0 Å². The molecule has 182 valence electrons. The molecule has 0 unspecified atom stereocenters. The highest BCUT2D eigenvalue weighted by Gasteiger charge is 2.11. The van der Waals surface area contributed by atoms with Crippen molar-refractivity contribution < 1.29 is 23.8 Å². The number of nitrogens with one attached hydrogen (secondary N) is 1. The van der Waals surface area contributed by atoms with Crippen LogP contribution in [-0.2, 0) is 16.1 Å². The minimum Gasteiger partial charge on any atom is -0.493 e. The lowest BCUT2D eigenvalue weighted by Gasteiger charge is -2.13. The molecule has 0 aliphatic rings. The second-order valence-electron chi connectivity index (χ2n) is 7.44. The van der Waals surface area contributed by atoms with Crippen molar-refractivity contribution >= 4 is 46.8 Å². The molecule has 1 N–H and O–H groups in total. The fourth-order valence-corrected chi connectivity index (χ4v) is 3.59. The van der Waals surface area contributed by atoms with E-state index >= 15 is 0 Å². The Hall–Kier alpha value is -3.48. The SMILES string of the molecule is CCCOC(=O)c1cccc(NC(=O)C=Cc2ccc(OCc3c(Cl)cccc3Cl)c(OC)c2)c1. The molecule has 0 saturated carbocycles. The Balaban J connectivity index is 1.64. The number of benzene rings is 3. The fourth-order valence-electron chi connectivity index (χ4n) is 3.09. The minimum absolute atomic E-state index is 0.178. The van der Waals surface area contributed by atoms with Crippen LogP contribution in [0.4, 0.5) is 5.69 Å². The van der Waals surface area contributed by atoms with Crippen LogP contribution < -0.4 is 14.8 Å². The standard InChI is InChI=1S/C27H25Cl2NO5/c1-3-14-34-27(32)19-6-4-7-20(16-19)30-26(31)13-11-18-10-12-24(25(15-18)33-2)35-17-21-22(28)8-5-9-23(21)29/h4-13,15-16H,3,14,17H2,1-2H3,(H,30,31). The van der Waals surface area contributed by atoms with E-state index in [9.17, 15) is 9.59 Å². The average Bonchev–Trinajstić information content (AvgIpc) is 2.86. The lowest BCUT2D eigenvalue weighted by molar-refractivity contribution is -0.111. The maximum atomic E-state index is 12.4. The van der Waals surface area contributed by atoms with Gasteiger partial charge in [-0.25, -0.2) is 4.79 Å². The number of methoxy groups -OCH3 is 1. The summed E-state index contributed by atoms with van der Waals surface area (Å²) in [4.78, 5) is 24.4. The molecule has 0 fully saturated rings. The molecule has 0 heterocycles. The highest BCUT2D eigenvalue weighted by molar-refractivity contribution is 6.35. The summed E-state index contributed by atoms with van der Waals surface area (Å²) in [7, 11) is 1.53. The Morgan fingerprint density at radius 1 is 0.971 bits per heavy atom. The number of esters is 1. The van der Waals surface area contributed by atoms with Crippen molar-refractivity contribution in [1.29, 1.82) is 0 Å². The van der Waals surface area contributed by atoms with E-state index in [-0.39, 0.29) is 12.5 Å². The summed E-state index contributed by atoms with van der Waals surface area (Å²) in [6.45, 7) is 2.44. The lowest BCUT2D eigenvalue weighted by Crippen LogP contribution is -2.10. The first-order valence-corrected chi connectivity index (χ1v) is 11.7. The maximum Gasteiger partial charge on any atom is 0.338 e. The highest BCUT2D eigenvalue weighted by atomic mass is 35.5. The zero-order chi connectivity index (χ0) is 25.2. The van der Waals surface area contributed by atoms with Crippen molar-refractivity contribution in [3.05, 3.63) is 93.5 Å². The van der Waals surface area contributed by atoms with Gasteiger partial charge in [0.05, 0.1) is 19.3 Å². The van der Waals surface area contributed by atoms with Gasteiger partial charge in [-0.3, -0.25) is 4.79 Å². The number of anilines is 1. The smallest absolute Gasteiger partial charge is 0.338 e. The molecule has 8 heteroatoms. The number of ether oxygens (including phenoxy) is 3. The van der Waals surface area contributed by atoms with E-state index < -0.39 is 5.97 Å². The summed E-state index contributed by atoms with van der Waals surface area (Å²) in [5, 5.41) is 3.78. The molecule has 0 spiro atoms. The lowest BCUT2D eigenvalue weighted by atomic mass is 10.1. The average molecular weight is 514 g/mol. The van der Waals surface area contributed by atoms with E-state index in [0.717, 1.165) is 12.0 Å². The molecule has 3 aromatic carbocycles. The molecule has 0 atom stereocenters. The van der Waals surface area contributed by atoms with Gasteiger partial charge in [-0.1, -0.05) is 48.3 Å². The first kappa shape index (κ1) is 26.1. The van der Waals surface area contributed by atoms with Crippen LogP contribution in [0, 0.1) is 0 Å².